The van der Waals surface area contributed by atoms with Gasteiger partial charge in [0.15, 0.2) is 16.7 Å². The second-order valence-corrected chi connectivity index (χ2v) is 29.8. The minimum Gasteiger partial charge on any atom is -0.372 e. The minimum atomic E-state index is -4.76. The van der Waals surface area contributed by atoms with Crippen LogP contribution in [-0.4, -0.2) is 151 Å². The molecule has 0 radical (unpaired) electrons. The lowest BCUT2D eigenvalue weighted by atomic mass is 10.1. The van der Waals surface area contributed by atoms with Crippen molar-refractivity contribution in [2.75, 3.05) is 105 Å². The number of Topliss-reactive ketones (excluding diaryl/α,β-unsaturated/α-hetero) is 2. The monoisotopic (exact) mass is 1470 g/mol. The van der Waals surface area contributed by atoms with Gasteiger partial charge in [0, 0.05) is 69.5 Å². The number of carbonyl (C=O) groups is 4. The molecule has 0 unspecified atom stereocenters. The summed E-state index contributed by atoms with van der Waals surface area (Å²) in [5, 5.41) is 30.4. The van der Waals surface area contributed by atoms with E-state index in [1.807, 2.05) is 61.8 Å². The van der Waals surface area contributed by atoms with Crippen LogP contribution in [0.1, 0.15) is 89.8 Å². The SMILES string of the molecule is CCN(CC)c1ccc(N=Nc2nc(N3CCCCC3)c(/C=C(/C(C)=O)C(=O)Nc3ccccc3S(=O)(=O)O)s2)c(Nc2nc(Nc3cc(N(CC)CC)ccc3N=Nc3nc(N4CCCCC4)c(/C=C(\C(C)=O)C(=O)Nc4ccccc4S(=O)(=O)O)s3)nc(SCCS(=O)(=O)O)n2)c1. The molecule has 524 valence electrons. The number of benzene rings is 4. The van der Waals surface area contributed by atoms with Gasteiger partial charge in [-0.2, -0.15) is 50.2 Å². The van der Waals surface area contributed by atoms with E-state index in [-0.39, 0.29) is 67.0 Å². The standard InChI is InChI=1S/C63H73N17O13S6/c1-7-77(8-2)41-25-27-45(73-75-62-68-55(79-29-17-11-18-30-79)51(95-62)37-43(39(5)81)57(83)64-47-21-13-15-23-53(47)98(88,89)90)49(35-41)66-59-70-60(72-61(71-59)94-33-34-97(85,86)87)67-50-36-42(78(9-3)10-4)26-28-46(50)74-76-63-69-56(80-31-19-12-20-32-80)52(96-63)38-44(40(6)82)58(84)65-48-22-14-16-24-54(48)99(91,92)93/h13-16,21-28,35-38H,7-12,17-20,29-34H2,1-6H3,(H,64,83)(H,65,84)(H,85,86,87)(H,88,89,90)(H,91,92,93)(H2,66,67,70,71,72)/b43-37-,44-38+,75-73?,76-74?. The molecule has 7 aromatic rings. The summed E-state index contributed by atoms with van der Waals surface area (Å²) in [6.45, 7) is 15.3. The molecule has 7 N–H and O–H groups in total. The fraction of sp³-hybridized carbons (Fsp3) is 0.349. The lowest BCUT2D eigenvalue weighted by molar-refractivity contribution is -0.120. The molecule has 36 heteroatoms. The summed E-state index contributed by atoms with van der Waals surface area (Å²) < 4.78 is 102. The molecule has 0 aliphatic carbocycles. The Morgan fingerprint density at radius 2 is 0.929 bits per heavy atom. The largest absolute Gasteiger partial charge is 0.372 e. The van der Waals surface area contributed by atoms with Crippen LogP contribution in [-0.2, 0) is 49.5 Å². The lowest BCUT2D eigenvalue weighted by Gasteiger charge is -2.27. The number of nitrogens with one attached hydrogen (secondary N) is 4. The van der Waals surface area contributed by atoms with Crippen molar-refractivity contribution in [1.82, 2.24) is 24.9 Å². The number of azo groups is 2. The number of hydrogen-bond acceptors (Lipinski definition) is 28. The number of hydrogen-bond donors (Lipinski definition) is 7. The highest BCUT2D eigenvalue weighted by Crippen LogP contribution is 2.41. The summed E-state index contributed by atoms with van der Waals surface area (Å²) in [6, 6.07) is 21.3. The van der Waals surface area contributed by atoms with Gasteiger partial charge in [-0.15, -0.1) is 20.5 Å². The van der Waals surface area contributed by atoms with Crippen LogP contribution in [0, 0.1) is 0 Å². The summed E-state index contributed by atoms with van der Waals surface area (Å²) in [7, 11) is -13.9. The summed E-state index contributed by atoms with van der Waals surface area (Å²) in [4.78, 5) is 85.9. The van der Waals surface area contributed by atoms with Gasteiger partial charge in [0.25, 0.3) is 42.2 Å². The molecule has 2 aliphatic heterocycles. The number of nitrogens with zero attached hydrogens (tertiary/aromatic N) is 13. The molecule has 9 rings (SSSR count). The average molecular weight is 1470 g/mol. The Morgan fingerprint density at radius 1 is 0.535 bits per heavy atom. The van der Waals surface area contributed by atoms with Gasteiger partial charge in [0.1, 0.15) is 32.8 Å². The summed E-state index contributed by atoms with van der Waals surface area (Å²) in [5.41, 5.74) is 1.67. The Kier molecular flexibility index (Phi) is 24.9. The first-order valence-corrected chi connectivity index (χ1v) is 38.5. The van der Waals surface area contributed by atoms with Gasteiger partial charge in [0.05, 0.1) is 49.4 Å². The lowest BCUT2D eigenvalue weighted by Crippen LogP contribution is -2.30. The van der Waals surface area contributed by atoms with Crippen LogP contribution in [0.5, 0.6) is 0 Å². The number of thiazole rings is 2. The van der Waals surface area contributed by atoms with Gasteiger partial charge in [-0.05, 0) is 153 Å². The second kappa shape index (κ2) is 33.2. The number of para-hydroxylation sites is 2. The number of ketones is 2. The van der Waals surface area contributed by atoms with Crippen LogP contribution in [0.25, 0.3) is 12.2 Å². The van der Waals surface area contributed by atoms with Crippen molar-refractivity contribution in [1.29, 1.82) is 0 Å². The van der Waals surface area contributed by atoms with E-state index < -0.39 is 69.3 Å². The van der Waals surface area contributed by atoms with E-state index >= 15 is 0 Å². The Labute approximate surface area is 584 Å². The van der Waals surface area contributed by atoms with Crippen molar-refractivity contribution < 1.29 is 58.1 Å². The van der Waals surface area contributed by atoms with E-state index in [1.54, 1.807) is 12.1 Å². The third-order valence-electron chi connectivity index (χ3n) is 15.6. The summed E-state index contributed by atoms with van der Waals surface area (Å²) in [5.74, 6) is -3.15. The zero-order valence-electron chi connectivity index (χ0n) is 54.7. The molecule has 0 atom stereocenters. The van der Waals surface area contributed by atoms with Crippen molar-refractivity contribution in [3.63, 3.8) is 0 Å². The summed E-state index contributed by atoms with van der Waals surface area (Å²) in [6.07, 6.45) is 8.07. The highest BCUT2D eigenvalue weighted by Gasteiger charge is 2.28. The molecule has 2 amide bonds. The van der Waals surface area contributed by atoms with E-state index in [2.05, 4.69) is 61.5 Å². The predicted octanol–water partition coefficient (Wildman–Crippen LogP) is 12.5. The molecule has 2 fully saturated rings. The molecule has 4 aromatic carbocycles. The number of anilines is 10. The maximum absolute atomic E-state index is 13.8. The topological polar surface area (TPSA) is 406 Å². The average Bonchev–Trinajstić information content (AvgIpc) is 1.80. The molecule has 0 spiro atoms. The molecular formula is C63H73N17O13S6. The quantitative estimate of drug-likeness (QED) is 0.00549. The second-order valence-electron chi connectivity index (χ2n) is 22.3. The molecule has 0 bridgehead atoms. The van der Waals surface area contributed by atoms with E-state index in [1.165, 1.54) is 62.4 Å². The molecule has 0 saturated carbocycles. The molecule has 99 heavy (non-hydrogen) atoms. The Hall–Kier alpha value is -9.01. The number of carbonyl (C=O) groups excluding carboxylic acids is 4. The zero-order valence-corrected chi connectivity index (χ0v) is 59.6. The predicted molar refractivity (Wildman–Crippen MR) is 385 cm³/mol. The van der Waals surface area contributed by atoms with Gasteiger partial charge in [-0.3, -0.25) is 32.8 Å². The first kappa shape index (κ1) is 74.2. The van der Waals surface area contributed by atoms with Crippen molar-refractivity contribution in [2.45, 2.75) is 95.0 Å². The third-order valence-corrected chi connectivity index (χ3v) is 21.0. The number of rotatable bonds is 30. The van der Waals surface area contributed by atoms with Crippen LogP contribution in [0.2, 0.25) is 0 Å². The van der Waals surface area contributed by atoms with Crippen molar-refractivity contribution in [3.8, 4) is 0 Å². The molecule has 5 heterocycles. The van der Waals surface area contributed by atoms with Gasteiger partial charge >= 0.3 is 0 Å². The van der Waals surface area contributed by atoms with Crippen molar-refractivity contribution in [2.24, 2.45) is 20.5 Å². The van der Waals surface area contributed by atoms with Gasteiger partial charge < -0.3 is 40.9 Å². The van der Waals surface area contributed by atoms with E-state index in [0.717, 1.165) is 96.5 Å². The maximum atomic E-state index is 13.8. The van der Waals surface area contributed by atoms with Crippen LogP contribution in [0.4, 0.5) is 79.3 Å². The van der Waals surface area contributed by atoms with Crippen molar-refractivity contribution in [3.05, 3.63) is 106 Å². The molecule has 30 nitrogen and oxygen atoms in total. The normalized spacial score (nSPS) is 14.2. The highest BCUT2D eigenvalue weighted by molar-refractivity contribution is 8.00. The fourth-order valence-electron chi connectivity index (χ4n) is 10.6. The number of amides is 2. The van der Waals surface area contributed by atoms with Crippen LogP contribution in [0.3, 0.4) is 0 Å². The van der Waals surface area contributed by atoms with E-state index in [9.17, 15) is 58.1 Å². The Balaban J connectivity index is 1.09. The van der Waals surface area contributed by atoms with E-state index in [0.29, 0.717) is 85.1 Å². The number of thioether (sulfide) groups is 1. The van der Waals surface area contributed by atoms with Gasteiger partial charge in [-0.25, -0.2) is 0 Å². The van der Waals surface area contributed by atoms with Crippen LogP contribution >= 0.6 is 34.4 Å². The first-order valence-electron chi connectivity index (χ1n) is 31.4. The Bertz CT molecular complexity index is 4370. The third kappa shape index (κ3) is 19.9. The maximum Gasteiger partial charge on any atom is 0.296 e. The Morgan fingerprint density at radius 3 is 1.29 bits per heavy atom. The minimum absolute atomic E-state index is 0.0366. The molecule has 2 saturated heterocycles. The van der Waals surface area contributed by atoms with Crippen molar-refractivity contribution >= 4 is 180 Å². The molecule has 3 aromatic heterocycles. The number of piperidine rings is 2. The summed E-state index contributed by atoms with van der Waals surface area (Å²) >= 11 is 3.02. The van der Waals surface area contributed by atoms with Crippen LogP contribution in [0.15, 0.2) is 131 Å². The first-order chi connectivity index (χ1) is 47.2. The highest BCUT2D eigenvalue weighted by atomic mass is 32.2. The van der Waals surface area contributed by atoms with Crippen LogP contribution < -0.4 is 40.9 Å². The van der Waals surface area contributed by atoms with Gasteiger partial charge in [0.2, 0.25) is 22.2 Å². The van der Waals surface area contributed by atoms with Gasteiger partial charge in [-0.1, -0.05) is 58.7 Å². The molecule has 2 aliphatic rings. The smallest absolute Gasteiger partial charge is 0.296 e. The fourth-order valence-corrected chi connectivity index (χ4v) is 15.3. The zero-order chi connectivity index (χ0) is 71.2. The molecular weight excluding hydrogens is 1400 g/mol. The number of aromatic nitrogens is 5. The van der Waals surface area contributed by atoms with E-state index in [4.69, 9.17) is 15.0 Å².